The van der Waals surface area contributed by atoms with Crippen LogP contribution in [0.15, 0.2) is 23.8 Å². The minimum absolute atomic E-state index is 0.381. The van der Waals surface area contributed by atoms with Crippen molar-refractivity contribution in [2.75, 3.05) is 12.3 Å². The van der Waals surface area contributed by atoms with Crippen molar-refractivity contribution in [1.29, 1.82) is 0 Å². The number of allylic oxidation sites excluding steroid dienone is 1. The fraction of sp³-hybridized carbons (Fsp3) is 0.500. The topological polar surface area (TPSA) is 37.8 Å². The minimum Gasteiger partial charge on any atom is -0.310 e. The fourth-order valence-electron chi connectivity index (χ4n) is 1.81. The molecule has 0 bridgehead atoms. The summed E-state index contributed by atoms with van der Waals surface area (Å²) in [5, 5.41) is 4.53. The molecule has 0 fully saturated rings. The normalized spacial score (nSPS) is 20.1. The standard InChI is InChI=1S/C12H17N3S2/c1-3-4-8-16-12-11(14-17-15-12)10-6-5-7-13-9(10)2/h3,6,9,13H,1,4-5,7-8H2,2H3. The lowest BCUT2D eigenvalue weighted by Crippen LogP contribution is -2.31. The van der Waals surface area contributed by atoms with E-state index in [0.717, 1.165) is 35.9 Å². The lowest BCUT2D eigenvalue weighted by atomic mass is 10.0. The zero-order valence-corrected chi connectivity index (χ0v) is 11.6. The number of nitrogens with zero attached hydrogens (tertiary/aromatic N) is 2. The van der Waals surface area contributed by atoms with Crippen LogP contribution in [0.5, 0.6) is 0 Å². The van der Waals surface area contributed by atoms with Gasteiger partial charge < -0.3 is 5.32 Å². The Labute approximate surface area is 111 Å². The minimum atomic E-state index is 0.381. The zero-order chi connectivity index (χ0) is 12.1. The number of hydrogen-bond acceptors (Lipinski definition) is 5. The van der Waals surface area contributed by atoms with Crippen molar-refractivity contribution in [2.24, 2.45) is 0 Å². The summed E-state index contributed by atoms with van der Waals surface area (Å²) in [6.07, 6.45) is 6.31. The van der Waals surface area contributed by atoms with Crippen LogP contribution in [0.25, 0.3) is 5.57 Å². The van der Waals surface area contributed by atoms with E-state index in [0.29, 0.717) is 6.04 Å². The molecule has 0 radical (unpaired) electrons. The van der Waals surface area contributed by atoms with Crippen molar-refractivity contribution in [2.45, 2.75) is 30.8 Å². The van der Waals surface area contributed by atoms with Crippen molar-refractivity contribution in [1.82, 2.24) is 14.1 Å². The van der Waals surface area contributed by atoms with E-state index < -0.39 is 0 Å². The van der Waals surface area contributed by atoms with Crippen molar-refractivity contribution in [3.63, 3.8) is 0 Å². The molecule has 0 spiro atoms. The van der Waals surface area contributed by atoms with E-state index in [4.69, 9.17) is 0 Å². The quantitative estimate of drug-likeness (QED) is 0.505. The first-order valence-corrected chi connectivity index (χ1v) is 7.54. The summed E-state index contributed by atoms with van der Waals surface area (Å²) in [5.74, 6) is 1.02. The van der Waals surface area contributed by atoms with Gasteiger partial charge in [-0.3, -0.25) is 0 Å². The third-order valence-electron chi connectivity index (χ3n) is 2.72. The molecule has 1 atom stereocenters. The summed E-state index contributed by atoms with van der Waals surface area (Å²) in [4.78, 5) is 0. The Morgan fingerprint density at radius 2 is 2.53 bits per heavy atom. The van der Waals surface area contributed by atoms with Gasteiger partial charge in [-0.15, -0.1) is 18.3 Å². The molecule has 2 rings (SSSR count). The van der Waals surface area contributed by atoms with Crippen LogP contribution in [0.1, 0.15) is 25.5 Å². The second-order valence-corrected chi connectivity index (χ2v) is 5.58. The maximum atomic E-state index is 4.44. The molecule has 1 aromatic rings. The number of nitrogens with one attached hydrogen (secondary N) is 1. The summed E-state index contributed by atoms with van der Waals surface area (Å²) in [7, 11) is 0. The van der Waals surface area contributed by atoms with Crippen LogP contribution >= 0.6 is 23.5 Å². The number of hydrogen-bond donors (Lipinski definition) is 1. The van der Waals surface area contributed by atoms with E-state index >= 15 is 0 Å². The van der Waals surface area contributed by atoms with Gasteiger partial charge in [-0.1, -0.05) is 12.2 Å². The summed E-state index contributed by atoms with van der Waals surface area (Å²) >= 11 is 3.08. The second-order valence-electron chi connectivity index (χ2n) is 3.97. The van der Waals surface area contributed by atoms with Crippen LogP contribution in [-0.2, 0) is 0 Å². The maximum absolute atomic E-state index is 4.44. The Hall–Kier alpha value is -0.650. The van der Waals surface area contributed by atoms with Crippen molar-refractivity contribution >= 4 is 29.1 Å². The van der Waals surface area contributed by atoms with Crippen molar-refractivity contribution in [3.05, 3.63) is 24.4 Å². The van der Waals surface area contributed by atoms with E-state index in [2.05, 4.69) is 33.6 Å². The molecule has 92 valence electrons. The van der Waals surface area contributed by atoms with Crippen molar-refractivity contribution in [3.8, 4) is 0 Å². The zero-order valence-electron chi connectivity index (χ0n) is 9.98. The number of rotatable bonds is 5. The van der Waals surface area contributed by atoms with E-state index in [1.165, 1.54) is 17.3 Å². The van der Waals surface area contributed by atoms with E-state index in [1.807, 2.05) is 6.08 Å². The van der Waals surface area contributed by atoms with Gasteiger partial charge in [0.25, 0.3) is 0 Å². The summed E-state index contributed by atoms with van der Waals surface area (Å²) in [6, 6.07) is 0.381. The molecule has 5 heteroatoms. The summed E-state index contributed by atoms with van der Waals surface area (Å²) in [5.41, 5.74) is 2.37. The first-order chi connectivity index (χ1) is 8.33. The van der Waals surface area contributed by atoms with Gasteiger partial charge in [0.2, 0.25) is 0 Å². The number of thioether (sulfide) groups is 1. The van der Waals surface area contributed by atoms with Gasteiger partial charge >= 0.3 is 0 Å². The van der Waals surface area contributed by atoms with Gasteiger partial charge in [0.1, 0.15) is 10.7 Å². The van der Waals surface area contributed by atoms with E-state index in [9.17, 15) is 0 Å². The third kappa shape index (κ3) is 3.18. The van der Waals surface area contributed by atoms with Gasteiger partial charge in [-0.2, -0.15) is 8.75 Å². The van der Waals surface area contributed by atoms with Crippen molar-refractivity contribution < 1.29 is 0 Å². The lowest BCUT2D eigenvalue weighted by Gasteiger charge is -2.21. The lowest BCUT2D eigenvalue weighted by molar-refractivity contribution is 0.624. The smallest absolute Gasteiger partial charge is 0.138 e. The second kappa shape index (κ2) is 6.33. The Kier molecular flexibility index (Phi) is 4.76. The largest absolute Gasteiger partial charge is 0.310 e. The molecule has 0 aromatic carbocycles. The Bertz CT molecular complexity index is 412. The fourth-order valence-corrected chi connectivity index (χ4v) is 3.43. The number of aromatic nitrogens is 2. The Morgan fingerprint density at radius 1 is 1.65 bits per heavy atom. The monoisotopic (exact) mass is 267 g/mol. The predicted octanol–water partition coefficient (Wildman–Crippen LogP) is 2.97. The molecule has 0 aliphatic carbocycles. The molecule has 0 saturated heterocycles. The highest BCUT2D eigenvalue weighted by molar-refractivity contribution is 7.99. The van der Waals surface area contributed by atoms with Gasteiger partial charge in [0.05, 0.1) is 11.7 Å². The molecular formula is C12H17N3S2. The van der Waals surface area contributed by atoms with Crippen LogP contribution in [0.2, 0.25) is 0 Å². The molecule has 3 nitrogen and oxygen atoms in total. The molecule has 1 aromatic heterocycles. The summed E-state index contributed by atoms with van der Waals surface area (Å²) in [6.45, 7) is 6.98. The van der Waals surface area contributed by atoms with E-state index in [1.54, 1.807) is 11.8 Å². The van der Waals surface area contributed by atoms with Gasteiger partial charge in [0.15, 0.2) is 0 Å². The average molecular weight is 267 g/mol. The van der Waals surface area contributed by atoms with Crippen LogP contribution < -0.4 is 5.32 Å². The molecular weight excluding hydrogens is 250 g/mol. The molecule has 17 heavy (non-hydrogen) atoms. The first kappa shape index (κ1) is 12.8. The van der Waals surface area contributed by atoms with E-state index in [-0.39, 0.29) is 0 Å². The molecule has 0 saturated carbocycles. The van der Waals surface area contributed by atoms with Crippen LogP contribution in [-0.4, -0.2) is 27.1 Å². The molecule has 1 aliphatic heterocycles. The highest BCUT2D eigenvalue weighted by atomic mass is 32.2. The Morgan fingerprint density at radius 3 is 3.29 bits per heavy atom. The molecule has 1 unspecified atom stereocenters. The molecule has 2 heterocycles. The molecule has 1 N–H and O–H groups in total. The van der Waals surface area contributed by atoms with Crippen LogP contribution in [0.4, 0.5) is 0 Å². The first-order valence-electron chi connectivity index (χ1n) is 5.83. The van der Waals surface area contributed by atoms with Crippen LogP contribution in [0, 0.1) is 0 Å². The SMILES string of the molecule is C=CCCSc1nsnc1C1=CCCNC1C. The van der Waals surface area contributed by atoms with Gasteiger partial charge in [0, 0.05) is 11.8 Å². The molecule has 0 amide bonds. The Balaban J connectivity index is 2.12. The maximum Gasteiger partial charge on any atom is 0.138 e. The predicted molar refractivity (Wildman–Crippen MR) is 75.5 cm³/mol. The average Bonchev–Trinajstić information content (AvgIpc) is 2.78. The third-order valence-corrected chi connectivity index (χ3v) is 4.36. The molecule has 1 aliphatic rings. The summed E-state index contributed by atoms with van der Waals surface area (Å²) < 4.78 is 8.83. The van der Waals surface area contributed by atoms with Gasteiger partial charge in [-0.05, 0) is 31.9 Å². The van der Waals surface area contributed by atoms with Crippen LogP contribution in [0.3, 0.4) is 0 Å². The highest BCUT2D eigenvalue weighted by Gasteiger charge is 2.20. The highest BCUT2D eigenvalue weighted by Crippen LogP contribution is 2.30. The van der Waals surface area contributed by atoms with Gasteiger partial charge in [-0.25, -0.2) is 0 Å².